The molecule has 5 nitrogen and oxygen atoms in total. The van der Waals surface area contributed by atoms with Crippen molar-refractivity contribution in [3.63, 3.8) is 0 Å². The number of hydroxylamine groups is 1. The molecule has 0 aliphatic rings. The van der Waals surface area contributed by atoms with E-state index in [1.54, 1.807) is 23.7 Å². The number of ether oxygens (including phenoxy) is 1. The average molecular weight is 193 g/mol. The molecule has 14 heavy (non-hydrogen) atoms. The number of nitrogens with zero attached hydrogens (tertiary/aromatic N) is 2. The molecule has 1 aromatic rings. The van der Waals surface area contributed by atoms with Crippen LogP contribution >= 0.6 is 0 Å². The second-order valence-corrected chi connectivity index (χ2v) is 2.34. The van der Waals surface area contributed by atoms with Gasteiger partial charge in [0.1, 0.15) is 12.9 Å². The molecule has 74 valence electrons. The Labute approximate surface area is 81.7 Å². The van der Waals surface area contributed by atoms with Gasteiger partial charge in [-0.1, -0.05) is 12.7 Å². The average Bonchev–Trinajstić information content (AvgIpc) is 2.25. The fourth-order valence-corrected chi connectivity index (χ4v) is 0.782. The highest BCUT2D eigenvalue weighted by molar-refractivity contribution is 5.59. The predicted molar refractivity (Wildman–Crippen MR) is 53.0 cm³/mol. The van der Waals surface area contributed by atoms with E-state index in [0.717, 1.165) is 6.34 Å². The van der Waals surface area contributed by atoms with Crippen LogP contribution in [-0.2, 0) is 0 Å². The number of rotatable bonds is 5. The minimum atomic E-state index is 0.424. The van der Waals surface area contributed by atoms with E-state index in [0.29, 0.717) is 18.2 Å². The van der Waals surface area contributed by atoms with Crippen LogP contribution < -0.4 is 10.2 Å². The summed E-state index contributed by atoms with van der Waals surface area (Å²) in [6, 6.07) is 3.41. The summed E-state index contributed by atoms with van der Waals surface area (Å²) in [5.74, 6) is 0.515. The van der Waals surface area contributed by atoms with Crippen molar-refractivity contribution < 1.29 is 9.94 Å². The molecule has 0 saturated heterocycles. The summed E-state index contributed by atoms with van der Waals surface area (Å²) in [7, 11) is 0. The van der Waals surface area contributed by atoms with Gasteiger partial charge in [0, 0.05) is 6.07 Å². The third kappa shape index (κ3) is 3.24. The maximum Gasteiger partial charge on any atom is 0.213 e. The normalized spacial score (nSPS) is 10.1. The Morgan fingerprint density at radius 1 is 1.64 bits per heavy atom. The molecule has 2 N–H and O–H groups in total. The largest absolute Gasteiger partial charge is 0.473 e. The van der Waals surface area contributed by atoms with E-state index < -0.39 is 0 Å². The SMILES string of the molecule is C=CCOc1ccc(N=CNO)cn1. The van der Waals surface area contributed by atoms with Crippen molar-refractivity contribution in [3.05, 3.63) is 31.0 Å². The zero-order valence-electron chi connectivity index (χ0n) is 7.55. The van der Waals surface area contributed by atoms with Crippen LogP contribution in [0.25, 0.3) is 0 Å². The van der Waals surface area contributed by atoms with Crippen molar-refractivity contribution in [2.75, 3.05) is 6.61 Å². The molecule has 0 atom stereocenters. The number of hydrogen-bond donors (Lipinski definition) is 2. The van der Waals surface area contributed by atoms with Crippen LogP contribution in [-0.4, -0.2) is 23.1 Å². The van der Waals surface area contributed by atoms with Gasteiger partial charge in [0.05, 0.1) is 11.9 Å². The van der Waals surface area contributed by atoms with E-state index in [1.807, 2.05) is 0 Å². The van der Waals surface area contributed by atoms with Crippen LogP contribution in [0.2, 0.25) is 0 Å². The summed E-state index contributed by atoms with van der Waals surface area (Å²) in [6.45, 7) is 3.95. The summed E-state index contributed by atoms with van der Waals surface area (Å²) < 4.78 is 5.17. The summed E-state index contributed by atoms with van der Waals surface area (Å²) >= 11 is 0. The molecule has 0 fully saturated rings. The monoisotopic (exact) mass is 193 g/mol. The molecule has 5 heteroatoms. The first-order valence-corrected chi connectivity index (χ1v) is 3.98. The van der Waals surface area contributed by atoms with Gasteiger partial charge in [0.15, 0.2) is 0 Å². The highest BCUT2D eigenvalue weighted by Crippen LogP contribution is 2.13. The third-order valence-corrected chi connectivity index (χ3v) is 1.34. The van der Waals surface area contributed by atoms with Gasteiger partial charge in [0.25, 0.3) is 0 Å². The number of aliphatic imine (C=N–C) groups is 1. The van der Waals surface area contributed by atoms with Crippen molar-refractivity contribution in [2.24, 2.45) is 4.99 Å². The molecule has 1 heterocycles. The molecule has 0 unspecified atom stereocenters. The molecule has 1 rings (SSSR count). The molecular formula is C9H11N3O2. The zero-order valence-corrected chi connectivity index (χ0v) is 7.55. The number of aromatic nitrogens is 1. The van der Waals surface area contributed by atoms with Gasteiger partial charge in [0.2, 0.25) is 5.88 Å². The molecule has 0 aromatic carbocycles. The lowest BCUT2D eigenvalue weighted by Gasteiger charge is -2.00. The Hall–Kier alpha value is -1.88. The number of nitrogens with one attached hydrogen (secondary N) is 1. The maximum atomic E-state index is 8.24. The highest BCUT2D eigenvalue weighted by atomic mass is 16.5. The van der Waals surface area contributed by atoms with Crippen molar-refractivity contribution in [1.82, 2.24) is 10.5 Å². The Balaban J connectivity index is 2.58. The number of pyridine rings is 1. The first kappa shape index (κ1) is 10.2. The lowest BCUT2D eigenvalue weighted by atomic mass is 10.4. The van der Waals surface area contributed by atoms with Crippen LogP contribution in [0, 0.1) is 0 Å². The molecule has 0 aliphatic carbocycles. The second kappa shape index (κ2) is 5.71. The summed E-state index contributed by atoms with van der Waals surface area (Å²) in [5, 5.41) is 8.24. The van der Waals surface area contributed by atoms with Gasteiger partial charge >= 0.3 is 0 Å². The first-order valence-electron chi connectivity index (χ1n) is 3.98. The minimum absolute atomic E-state index is 0.424. The van der Waals surface area contributed by atoms with E-state index in [4.69, 9.17) is 9.94 Å². The topological polar surface area (TPSA) is 66.7 Å². The van der Waals surface area contributed by atoms with E-state index >= 15 is 0 Å². The fraction of sp³-hybridized carbons (Fsp3) is 0.111. The van der Waals surface area contributed by atoms with Crippen LogP contribution in [0.3, 0.4) is 0 Å². The van der Waals surface area contributed by atoms with E-state index in [9.17, 15) is 0 Å². The van der Waals surface area contributed by atoms with Crippen molar-refractivity contribution in [2.45, 2.75) is 0 Å². The van der Waals surface area contributed by atoms with Crippen molar-refractivity contribution in [1.29, 1.82) is 0 Å². The molecule has 1 aromatic heterocycles. The second-order valence-electron chi connectivity index (χ2n) is 2.34. The summed E-state index contributed by atoms with van der Waals surface area (Å²) in [6.07, 6.45) is 4.33. The lowest BCUT2D eigenvalue weighted by Crippen LogP contribution is -2.01. The standard InChI is InChI=1S/C9H11N3O2/c1-2-5-14-9-4-3-8(6-10-9)11-7-12-13/h2-4,6-7,13H,1,5H2,(H,11,12). The quantitative estimate of drug-likeness (QED) is 0.320. The molecule has 0 amide bonds. The van der Waals surface area contributed by atoms with Crippen LogP contribution in [0.1, 0.15) is 0 Å². The van der Waals surface area contributed by atoms with Gasteiger partial charge < -0.3 is 4.74 Å². The van der Waals surface area contributed by atoms with Crippen LogP contribution in [0.5, 0.6) is 5.88 Å². The zero-order chi connectivity index (χ0) is 10.2. The fourth-order valence-electron chi connectivity index (χ4n) is 0.782. The van der Waals surface area contributed by atoms with E-state index in [1.165, 1.54) is 6.20 Å². The molecule has 0 bridgehead atoms. The summed E-state index contributed by atoms with van der Waals surface area (Å²) in [4.78, 5) is 7.80. The lowest BCUT2D eigenvalue weighted by molar-refractivity contribution is 0.240. The highest BCUT2D eigenvalue weighted by Gasteiger charge is 1.93. The molecule has 0 spiro atoms. The van der Waals surface area contributed by atoms with Crippen molar-refractivity contribution >= 4 is 12.0 Å². The molecule has 0 saturated carbocycles. The summed E-state index contributed by atoms with van der Waals surface area (Å²) in [5.41, 5.74) is 2.42. The third-order valence-electron chi connectivity index (χ3n) is 1.34. The minimum Gasteiger partial charge on any atom is -0.473 e. The first-order chi connectivity index (χ1) is 6.86. The van der Waals surface area contributed by atoms with E-state index in [-0.39, 0.29) is 0 Å². The Morgan fingerprint density at radius 2 is 2.50 bits per heavy atom. The van der Waals surface area contributed by atoms with Gasteiger partial charge in [-0.15, -0.1) is 0 Å². The van der Waals surface area contributed by atoms with Crippen LogP contribution in [0.4, 0.5) is 5.69 Å². The Bertz CT molecular complexity index is 308. The molecule has 0 aliphatic heterocycles. The van der Waals surface area contributed by atoms with Crippen LogP contribution in [0.15, 0.2) is 36.0 Å². The molecular weight excluding hydrogens is 182 g/mol. The number of hydrogen-bond acceptors (Lipinski definition) is 4. The van der Waals surface area contributed by atoms with Crippen molar-refractivity contribution in [3.8, 4) is 5.88 Å². The van der Waals surface area contributed by atoms with Gasteiger partial charge in [-0.2, -0.15) is 0 Å². The Morgan fingerprint density at radius 3 is 3.07 bits per heavy atom. The molecule has 0 radical (unpaired) electrons. The predicted octanol–water partition coefficient (Wildman–Crippen LogP) is 1.28. The Kier molecular flexibility index (Phi) is 4.16. The van der Waals surface area contributed by atoms with Gasteiger partial charge in [-0.3, -0.25) is 10.7 Å². The smallest absolute Gasteiger partial charge is 0.213 e. The van der Waals surface area contributed by atoms with E-state index in [2.05, 4.69) is 16.6 Å². The maximum absolute atomic E-state index is 8.24. The van der Waals surface area contributed by atoms with Gasteiger partial charge in [-0.05, 0) is 6.07 Å². The van der Waals surface area contributed by atoms with Gasteiger partial charge in [-0.25, -0.2) is 9.98 Å².